The summed E-state index contributed by atoms with van der Waals surface area (Å²) in [7, 11) is -4.39. The molecule has 0 radical (unpaired) electrons. The summed E-state index contributed by atoms with van der Waals surface area (Å²) in [6.07, 6.45) is -0.468. The van der Waals surface area contributed by atoms with E-state index in [2.05, 4.69) is 15.9 Å². The number of ether oxygens (including phenoxy) is 1. The first-order valence-corrected chi connectivity index (χ1v) is 8.80. The molecule has 6 heteroatoms. The van der Waals surface area contributed by atoms with Gasteiger partial charge in [0.2, 0.25) is 5.85 Å². The minimum absolute atomic E-state index is 0.457. The minimum Gasteiger partial charge on any atom is -0.477 e. The number of hydrogen-bond acceptors (Lipinski definition) is 3. The van der Waals surface area contributed by atoms with E-state index in [-0.39, 0.29) is 0 Å². The lowest BCUT2D eigenvalue weighted by molar-refractivity contribution is 0.110. The Morgan fingerprint density at radius 3 is 2.10 bits per heavy atom. The Morgan fingerprint density at radius 2 is 1.70 bits per heavy atom. The highest BCUT2D eigenvalue weighted by Gasteiger charge is 2.45. The standard InChI is InChI=1S/C14H21BrFO3P/c1-10(2)19-20(16,17)13(14(3,4)5)18-12-8-6-11(15)7-9-12/h6-10,13H,1-5H3. The molecule has 0 spiro atoms. The second-order valence-electron chi connectivity index (χ2n) is 5.97. The van der Waals surface area contributed by atoms with Crippen molar-refractivity contribution in [3.8, 4) is 5.75 Å². The first-order valence-electron chi connectivity index (χ1n) is 6.42. The lowest BCUT2D eigenvalue weighted by atomic mass is 9.98. The Kier molecular flexibility index (Phi) is 5.82. The molecule has 0 aliphatic rings. The van der Waals surface area contributed by atoms with Crippen molar-refractivity contribution in [2.45, 2.75) is 46.6 Å². The third-order valence-electron chi connectivity index (χ3n) is 2.44. The summed E-state index contributed by atoms with van der Waals surface area (Å²) >= 11 is 3.31. The van der Waals surface area contributed by atoms with Crippen LogP contribution in [0.2, 0.25) is 0 Å². The van der Waals surface area contributed by atoms with Gasteiger partial charge in [-0.3, -0.25) is 4.57 Å². The molecule has 0 aromatic heterocycles. The fourth-order valence-electron chi connectivity index (χ4n) is 1.69. The smallest absolute Gasteiger partial charge is 0.407 e. The van der Waals surface area contributed by atoms with E-state index in [1.165, 1.54) is 0 Å². The summed E-state index contributed by atoms with van der Waals surface area (Å²) in [4.78, 5) is 0. The van der Waals surface area contributed by atoms with E-state index >= 15 is 0 Å². The fourth-order valence-corrected chi connectivity index (χ4v) is 3.81. The Balaban J connectivity index is 3.02. The topological polar surface area (TPSA) is 35.5 Å². The van der Waals surface area contributed by atoms with Crippen molar-refractivity contribution in [2.24, 2.45) is 5.41 Å². The van der Waals surface area contributed by atoms with Gasteiger partial charge in [-0.1, -0.05) is 36.7 Å². The molecule has 0 amide bonds. The number of benzene rings is 1. The van der Waals surface area contributed by atoms with Crippen molar-refractivity contribution in [1.82, 2.24) is 0 Å². The van der Waals surface area contributed by atoms with Crippen LogP contribution in [-0.4, -0.2) is 11.9 Å². The van der Waals surface area contributed by atoms with Gasteiger partial charge in [0, 0.05) is 9.89 Å². The highest BCUT2D eigenvalue weighted by molar-refractivity contribution is 9.10. The van der Waals surface area contributed by atoms with E-state index in [9.17, 15) is 8.76 Å². The van der Waals surface area contributed by atoms with Crippen molar-refractivity contribution in [3.05, 3.63) is 28.7 Å². The maximum Gasteiger partial charge on any atom is 0.407 e. The molecule has 20 heavy (non-hydrogen) atoms. The molecule has 1 rings (SSSR count). The molecule has 2 unspecified atom stereocenters. The highest BCUT2D eigenvalue weighted by Crippen LogP contribution is 2.60. The Labute approximate surface area is 128 Å². The van der Waals surface area contributed by atoms with Crippen LogP contribution in [0.5, 0.6) is 5.75 Å². The van der Waals surface area contributed by atoms with E-state index in [0.29, 0.717) is 5.75 Å². The lowest BCUT2D eigenvalue weighted by Gasteiger charge is -2.33. The average Bonchev–Trinajstić information content (AvgIpc) is 2.24. The van der Waals surface area contributed by atoms with E-state index in [1.807, 2.05) is 0 Å². The zero-order valence-corrected chi connectivity index (χ0v) is 14.9. The van der Waals surface area contributed by atoms with E-state index in [1.54, 1.807) is 58.9 Å². The molecule has 0 aliphatic heterocycles. The van der Waals surface area contributed by atoms with Crippen molar-refractivity contribution in [3.63, 3.8) is 0 Å². The highest BCUT2D eigenvalue weighted by atomic mass is 79.9. The van der Waals surface area contributed by atoms with E-state index < -0.39 is 25.0 Å². The average molecular weight is 367 g/mol. The van der Waals surface area contributed by atoms with E-state index in [4.69, 9.17) is 9.26 Å². The molecule has 0 heterocycles. The van der Waals surface area contributed by atoms with Gasteiger partial charge in [-0.15, -0.1) is 0 Å². The second kappa shape index (κ2) is 6.59. The van der Waals surface area contributed by atoms with Gasteiger partial charge in [0.15, 0.2) is 0 Å². The first-order chi connectivity index (χ1) is 9.02. The normalized spacial score (nSPS) is 16.8. The van der Waals surface area contributed by atoms with Crippen LogP contribution in [0.4, 0.5) is 4.20 Å². The van der Waals surface area contributed by atoms with Gasteiger partial charge in [-0.05, 0) is 38.1 Å². The summed E-state index contributed by atoms with van der Waals surface area (Å²) in [5.74, 6) is -0.697. The van der Waals surface area contributed by atoms with Crippen LogP contribution < -0.4 is 4.74 Å². The molecule has 1 aromatic rings. The molecule has 0 saturated carbocycles. The van der Waals surface area contributed by atoms with Crippen LogP contribution in [0.25, 0.3) is 0 Å². The van der Waals surface area contributed by atoms with Gasteiger partial charge in [-0.25, -0.2) is 0 Å². The van der Waals surface area contributed by atoms with Gasteiger partial charge in [0.05, 0.1) is 6.10 Å². The van der Waals surface area contributed by atoms with Gasteiger partial charge >= 0.3 is 7.68 Å². The van der Waals surface area contributed by atoms with Gasteiger partial charge in [0.1, 0.15) is 5.75 Å². The lowest BCUT2D eigenvalue weighted by Crippen LogP contribution is -2.32. The Morgan fingerprint density at radius 1 is 1.20 bits per heavy atom. The molecule has 2 atom stereocenters. The molecule has 1 aromatic carbocycles. The zero-order valence-electron chi connectivity index (χ0n) is 12.4. The predicted molar refractivity (Wildman–Crippen MR) is 82.9 cm³/mol. The molecule has 114 valence electrons. The predicted octanol–water partition coefficient (Wildman–Crippen LogP) is 5.79. The Bertz CT molecular complexity index is 482. The quantitative estimate of drug-likeness (QED) is 0.618. The van der Waals surface area contributed by atoms with Gasteiger partial charge in [-0.2, -0.15) is 4.20 Å². The fraction of sp³-hybridized carbons (Fsp3) is 0.571. The van der Waals surface area contributed by atoms with Crippen LogP contribution in [0.15, 0.2) is 28.7 Å². The number of hydrogen-bond donors (Lipinski definition) is 0. The van der Waals surface area contributed by atoms with Gasteiger partial charge < -0.3 is 9.26 Å². The van der Waals surface area contributed by atoms with Crippen molar-refractivity contribution in [2.75, 3.05) is 0 Å². The molecular formula is C14H21BrFO3P. The molecule has 0 N–H and O–H groups in total. The van der Waals surface area contributed by atoms with Crippen LogP contribution >= 0.6 is 23.6 Å². The monoisotopic (exact) mass is 366 g/mol. The molecule has 3 nitrogen and oxygen atoms in total. The van der Waals surface area contributed by atoms with E-state index in [0.717, 1.165) is 4.47 Å². The number of halogens is 2. The van der Waals surface area contributed by atoms with Crippen LogP contribution in [0.3, 0.4) is 0 Å². The number of rotatable bonds is 5. The summed E-state index contributed by atoms with van der Waals surface area (Å²) in [6.45, 7) is 8.60. The summed E-state index contributed by atoms with van der Waals surface area (Å²) in [6, 6.07) is 6.94. The third-order valence-corrected chi connectivity index (χ3v) is 5.11. The maximum absolute atomic E-state index is 14.5. The van der Waals surface area contributed by atoms with Crippen LogP contribution in [0, 0.1) is 5.41 Å². The Hall–Kier alpha value is -0.380. The molecule has 0 saturated heterocycles. The van der Waals surface area contributed by atoms with Crippen molar-refractivity contribution >= 4 is 23.6 Å². The second-order valence-corrected chi connectivity index (χ2v) is 8.60. The van der Waals surface area contributed by atoms with Crippen molar-refractivity contribution in [1.29, 1.82) is 0 Å². The molecular weight excluding hydrogens is 346 g/mol. The SMILES string of the molecule is CC(C)OP(=O)(F)C(Oc1ccc(Br)cc1)C(C)(C)C. The first kappa shape index (κ1) is 17.7. The molecule has 0 aliphatic carbocycles. The maximum atomic E-state index is 14.5. The summed E-state index contributed by atoms with van der Waals surface area (Å²) < 4.78 is 38.2. The zero-order chi connectivity index (χ0) is 15.6. The van der Waals surface area contributed by atoms with Gasteiger partial charge in [0.25, 0.3) is 0 Å². The molecule has 0 fully saturated rings. The van der Waals surface area contributed by atoms with Crippen LogP contribution in [0.1, 0.15) is 34.6 Å². The third kappa shape index (κ3) is 5.19. The largest absolute Gasteiger partial charge is 0.477 e. The van der Waals surface area contributed by atoms with Crippen molar-refractivity contribution < 1.29 is 18.0 Å². The minimum atomic E-state index is -4.39. The van der Waals surface area contributed by atoms with Crippen LogP contribution in [-0.2, 0) is 9.09 Å². The summed E-state index contributed by atoms with van der Waals surface area (Å²) in [5, 5.41) is 0. The summed E-state index contributed by atoms with van der Waals surface area (Å²) in [5.41, 5.74) is -0.660. The molecule has 0 bridgehead atoms.